The highest BCUT2D eigenvalue weighted by Gasteiger charge is 2.51. The van der Waals surface area contributed by atoms with Crippen LogP contribution in [0, 0.1) is 5.41 Å². The molecule has 3 atom stereocenters. The van der Waals surface area contributed by atoms with Crippen LogP contribution in [0.4, 0.5) is 0 Å². The van der Waals surface area contributed by atoms with Gasteiger partial charge in [-0.2, -0.15) is 0 Å². The van der Waals surface area contributed by atoms with Gasteiger partial charge in [-0.05, 0) is 31.3 Å². The summed E-state index contributed by atoms with van der Waals surface area (Å²) in [6.45, 7) is 10.5. The predicted octanol–water partition coefficient (Wildman–Crippen LogP) is 3.72. The molecule has 0 spiro atoms. The number of rotatable bonds is 6. The lowest BCUT2D eigenvalue weighted by molar-refractivity contribution is 0.100. The van der Waals surface area contributed by atoms with Crippen LogP contribution in [0.1, 0.15) is 53.4 Å². The summed E-state index contributed by atoms with van der Waals surface area (Å²) >= 11 is 13.4. The minimum absolute atomic E-state index is 0.0645. The van der Waals surface area contributed by atoms with E-state index in [0.29, 0.717) is 11.5 Å². The number of alkyl halides is 2. The second-order valence-electron chi connectivity index (χ2n) is 5.55. The summed E-state index contributed by atoms with van der Waals surface area (Å²) < 4.78 is 0. The molecular formula is C14H28Cl2N2. The zero-order chi connectivity index (χ0) is 13.8. The van der Waals surface area contributed by atoms with E-state index in [2.05, 4.69) is 38.3 Å². The lowest BCUT2D eigenvalue weighted by atomic mass is 9.66. The van der Waals surface area contributed by atoms with Crippen LogP contribution in [0.2, 0.25) is 0 Å². The van der Waals surface area contributed by atoms with Crippen molar-refractivity contribution in [3.63, 3.8) is 0 Å². The summed E-state index contributed by atoms with van der Waals surface area (Å²) in [5.74, 6) is 0. The third kappa shape index (κ3) is 3.33. The number of hydrogen-bond acceptors (Lipinski definition) is 2. The fourth-order valence-electron chi connectivity index (χ4n) is 3.28. The van der Waals surface area contributed by atoms with Crippen molar-refractivity contribution in [1.82, 2.24) is 10.6 Å². The molecule has 0 aromatic heterocycles. The summed E-state index contributed by atoms with van der Waals surface area (Å²) in [5, 5.41) is 6.87. The van der Waals surface area contributed by atoms with E-state index in [9.17, 15) is 0 Å². The van der Waals surface area contributed by atoms with Crippen LogP contribution in [0.5, 0.6) is 0 Å². The highest BCUT2D eigenvalue weighted by Crippen LogP contribution is 2.49. The van der Waals surface area contributed by atoms with Crippen LogP contribution in [-0.4, -0.2) is 29.5 Å². The molecule has 1 rings (SSSR count). The van der Waals surface area contributed by atoms with Crippen LogP contribution in [0.3, 0.4) is 0 Å². The maximum Gasteiger partial charge on any atom is 0.112 e. The first-order valence-electron chi connectivity index (χ1n) is 7.28. The molecule has 1 aliphatic carbocycles. The highest BCUT2D eigenvalue weighted by molar-refractivity contribution is 6.32. The zero-order valence-electron chi connectivity index (χ0n) is 12.2. The van der Waals surface area contributed by atoms with Crippen LogP contribution in [0.15, 0.2) is 0 Å². The molecule has 1 aliphatic rings. The van der Waals surface area contributed by atoms with Crippen LogP contribution in [0.25, 0.3) is 0 Å². The van der Waals surface area contributed by atoms with Crippen molar-refractivity contribution in [2.75, 3.05) is 13.1 Å². The van der Waals surface area contributed by atoms with Crippen molar-refractivity contribution in [2.24, 2.45) is 5.41 Å². The first-order chi connectivity index (χ1) is 8.47. The molecule has 0 bridgehead atoms. The SMILES string of the molecule is CCNC1CC(CC)(CC)CC(Cl)(NCC)C1Cl. The van der Waals surface area contributed by atoms with Gasteiger partial charge in [-0.1, -0.05) is 40.5 Å². The monoisotopic (exact) mass is 294 g/mol. The van der Waals surface area contributed by atoms with Gasteiger partial charge in [-0.3, -0.25) is 5.32 Å². The molecule has 3 unspecified atom stereocenters. The van der Waals surface area contributed by atoms with Gasteiger partial charge in [0, 0.05) is 6.04 Å². The summed E-state index contributed by atoms with van der Waals surface area (Å²) in [5.41, 5.74) is 0.308. The van der Waals surface area contributed by atoms with E-state index < -0.39 is 5.00 Å². The Balaban J connectivity index is 2.96. The van der Waals surface area contributed by atoms with Gasteiger partial charge in [0.25, 0.3) is 0 Å². The van der Waals surface area contributed by atoms with E-state index in [4.69, 9.17) is 23.2 Å². The Morgan fingerprint density at radius 2 is 1.72 bits per heavy atom. The fraction of sp³-hybridized carbons (Fsp3) is 1.00. The molecule has 1 saturated carbocycles. The molecule has 0 saturated heterocycles. The van der Waals surface area contributed by atoms with E-state index in [1.807, 2.05) is 0 Å². The van der Waals surface area contributed by atoms with Crippen LogP contribution < -0.4 is 10.6 Å². The normalized spacial score (nSPS) is 35.7. The molecule has 2 nitrogen and oxygen atoms in total. The van der Waals surface area contributed by atoms with Gasteiger partial charge in [0.2, 0.25) is 0 Å². The van der Waals surface area contributed by atoms with Crippen molar-refractivity contribution < 1.29 is 0 Å². The van der Waals surface area contributed by atoms with Crippen molar-refractivity contribution in [1.29, 1.82) is 0 Å². The first kappa shape index (κ1) is 16.6. The van der Waals surface area contributed by atoms with Crippen molar-refractivity contribution in [3.05, 3.63) is 0 Å². The molecule has 0 aromatic carbocycles. The van der Waals surface area contributed by atoms with Crippen molar-refractivity contribution in [3.8, 4) is 0 Å². The predicted molar refractivity (Wildman–Crippen MR) is 81.6 cm³/mol. The molecule has 0 amide bonds. The second-order valence-corrected chi connectivity index (χ2v) is 6.69. The molecule has 108 valence electrons. The molecule has 4 heteroatoms. The highest BCUT2D eigenvalue weighted by atomic mass is 35.5. The van der Waals surface area contributed by atoms with Gasteiger partial charge in [0.05, 0.1) is 5.38 Å². The van der Waals surface area contributed by atoms with E-state index in [-0.39, 0.29) is 5.38 Å². The second kappa shape index (κ2) is 6.78. The summed E-state index contributed by atoms with van der Waals surface area (Å²) in [4.78, 5) is -0.479. The smallest absolute Gasteiger partial charge is 0.112 e. The Morgan fingerprint density at radius 3 is 2.17 bits per heavy atom. The van der Waals surface area contributed by atoms with Gasteiger partial charge in [0.1, 0.15) is 5.00 Å². The number of halogens is 2. The Bertz CT molecular complexity index is 256. The minimum Gasteiger partial charge on any atom is -0.313 e. The fourth-order valence-corrected chi connectivity index (χ4v) is 4.19. The molecule has 0 aliphatic heterocycles. The average molecular weight is 295 g/mol. The van der Waals surface area contributed by atoms with Gasteiger partial charge in [0.15, 0.2) is 0 Å². The largest absolute Gasteiger partial charge is 0.313 e. The Labute approximate surface area is 122 Å². The van der Waals surface area contributed by atoms with E-state index in [1.165, 1.54) is 0 Å². The Morgan fingerprint density at radius 1 is 1.11 bits per heavy atom. The lowest BCUT2D eigenvalue weighted by Gasteiger charge is -2.51. The topological polar surface area (TPSA) is 24.1 Å². The third-order valence-electron chi connectivity index (χ3n) is 4.51. The summed E-state index contributed by atoms with van der Waals surface area (Å²) in [7, 11) is 0. The molecule has 0 aromatic rings. The van der Waals surface area contributed by atoms with E-state index in [1.54, 1.807) is 0 Å². The Hall–Kier alpha value is 0.500. The third-order valence-corrected chi connectivity index (χ3v) is 5.80. The molecule has 0 heterocycles. The molecule has 2 N–H and O–H groups in total. The van der Waals surface area contributed by atoms with Crippen molar-refractivity contribution in [2.45, 2.75) is 69.8 Å². The standard InChI is InChI=1S/C14H28Cl2N2/c1-5-13(6-2)9-11(17-7-3)12(15)14(16,10-13)18-8-4/h11-12,17-18H,5-10H2,1-4H3. The Kier molecular flexibility index (Phi) is 6.24. The van der Waals surface area contributed by atoms with Crippen LogP contribution >= 0.6 is 23.2 Å². The van der Waals surface area contributed by atoms with Gasteiger partial charge in [-0.15, -0.1) is 23.2 Å². The van der Waals surface area contributed by atoms with Gasteiger partial charge in [-0.25, -0.2) is 0 Å². The molecule has 18 heavy (non-hydrogen) atoms. The van der Waals surface area contributed by atoms with Crippen LogP contribution in [-0.2, 0) is 0 Å². The van der Waals surface area contributed by atoms with Gasteiger partial charge < -0.3 is 5.32 Å². The number of hydrogen-bond donors (Lipinski definition) is 2. The van der Waals surface area contributed by atoms with E-state index >= 15 is 0 Å². The molecule has 0 radical (unpaired) electrons. The molecule has 1 fully saturated rings. The number of nitrogens with one attached hydrogen (secondary N) is 2. The quantitative estimate of drug-likeness (QED) is 0.576. The van der Waals surface area contributed by atoms with Crippen molar-refractivity contribution >= 4 is 23.2 Å². The lowest BCUT2D eigenvalue weighted by Crippen LogP contribution is -2.62. The first-order valence-corrected chi connectivity index (χ1v) is 8.09. The average Bonchev–Trinajstić information content (AvgIpc) is 2.35. The maximum atomic E-state index is 6.81. The minimum atomic E-state index is -0.479. The van der Waals surface area contributed by atoms with Gasteiger partial charge >= 0.3 is 0 Å². The molecular weight excluding hydrogens is 267 g/mol. The summed E-state index contributed by atoms with van der Waals surface area (Å²) in [6, 6.07) is 0.293. The zero-order valence-corrected chi connectivity index (χ0v) is 13.7. The van der Waals surface area contributed by atoms with E-state index in [0.717, 1.165) is 38.8 Å². The summed E-state index contributed by atoms with van der Waals surface area (Å²) in [6.07, 6.45) is 4.41. The maximum absolute atomic E-state index is 6.81.